The van der Waals surface area contributed by atoms with E-state index in [9.17, 15) is 5.11 Å². The SMILES string of the molecule is OC1(c2ccccn2)CCN(Cc2nccs2)CC1. The van der Waals surface area contributed by atoms with Crippen molar-refractivity contribution in [2.75, 3.05) is 13.1 Å². The van der Waals surface area contributed by atoms with Gasteiger partial charge in [0.05, 0.1) is 12.2 Å². The number of hydrogen-bond acceptors (Lipinski definition) is 5. The molecule has 1 aliphatic heterocycles. The Bertz CT molecular complexity index is 507. The third kappa shape index (κ3) is 2.83. The van der Waals surface area contributed by atoms with Crippen LogP contribution >= 0.6 is 11.3 Å². The summed E-state index contributed by atoms with van der Waals surface area (Å²) in [4.78, 5) is 10.9. The van der Waals surface area contributed by atoms with Crippen molar-refractivity contribution in [2.45, 2.75) is 25.0 Å². The van der Waals surface area contributed by atoms with Crippen molar-refractivity contribution in [2.24, 2.45) is 0 Å². The van der Waals surface area contributed by atoms with Gasteiger partial charge in [0.15, 0.2) is 0 Å². The van der Waals surface area contributed by atoms with Gasteiger partial charge in [-0.2, -0.15) is 0 Å². The van der Waals surface area contributed by atoms with Gasteiger partial charge in [-0.3, -0.25) is 9.88 Å². The van der Waals surface area contributed by atoms with E-state index in [-0.39, 0.29) is 0 Å². The highest BCUT2D eigenvalue weighted by Crippen LogP contribution is 2.31. The van der Waals surface area contributed by atoms with Crippen LogP contribution < -0.4 is 0 Å². The molecule has 0 atom stereocenters. The van der Waals surface area contributed by atoms with Crippen molar-refractivity contribution in [3.8, 4) is 0 Å². The first-order chi connectivity index (χ1) is 9.26. The predicted octanol–water partition coefficient (Wildman–Crippen LogP) is 2.02. The van der Waals surface area contributed by atoms with Gasteiger partial charge in [-0.05, 0) is 25.0 Å². The minimum absolute atomic E-state index is 0.732. The lowest BCUT2D eigenvalue weighted by atomic mass is 9.88. The minimum atomic E-state index is -0.763. The number of aromatic nitrogens is 2. The van der Waals surface area contributed by atoms with Crippen LogP contribution in [0.2, 0.25) is 0 Å². The van der Waals surface area contributed by atoms with E-state index < -0.39 is 5.60 Å². The summed E-state index contributed by atoms with van der Waals surface area (Å²) in [5.41, 5.74) is 0.0320. The molecule has 0 bridgehead atoms. The Hall–Kier alpha value is -1.30. The van der Waals surface area contributed by atoms with Gasteiger partial charge in [0, 0.05) is 30.9 Å². The van der Waals surface area contributed by atoms with Crippen molar-refractivity contribution in [3.05, 3.63) is 46.7 Å². The lowest BCUT2D eigenvalue weighted by Gasteiger charge is -2.37. The van der Waals surface area contributed by atoms with Crippen molar-refractivity contribution >= 4 is 11.3 Å². The summed E-state index contributed by atoms with van der Waals surface area (Å²) in [5.74, 6) is 0. The molecule has 0 spiro atoms. The monoisotopic (exact) mass is 275 g/mol. The predicted molar refractivity (Wildman–Crippen MR) is 74.8 cm³/mol. The Balaban J connectivity index is 1.63. The smallest absolute Gasteiger partial charge is 0.109 e. The zero-order valence-electron chi connectivity index (χ0n) is 10.7. The summed E-state index contributed by atoms with van der Waals surface area (Å²) in [6.07, 6.45) is 5.05. The molecule has 1 fully saturated rings. The van der Waals surface area contributed by atoms with E-state index in [1.54, 1.807) is 17.5 Å². The third-order valence-electron chi connectivity index (χ3n) is 3.67. The molecule has 19 heavy (non-hydrogen) atoms. The normalized spacial score (nSPS) is 19.4. The maximum atomic E-state index is 10.7. The molecular weight excluding hydrogens is 258 g/mol. The molecule has 3 rings (SSSR count). The minimum Gasteiger partial charge on any atom is -0.383 e. The Kier molecular flexibility index (Phi) is 3.59. The zero-order valence-corrected chi connectivity index (χ0v) is 11.5. The van der Waals surface area contributed by atoms with Gasteiger partial charge < -0.3 is 5.11 Å². The van der Waals surface area contributed by atoms with Gasteiger partial charge in [-0.15, -0.1) is 11.3 Å². The summed E-state index contributed by atoms with van der Waals surface area (Å²) < 4.78 is 0. The first-order valence-electron chi connectivity index (χ1n) is 6.51. The molecule has 0 aromatic carbocycles. The fourth-order valence-corrected chi connectivity index (χ4v) is 3.16. The van der Waals surface area contributed by atoms with E-state index in [4.69, 9.17) is 0 Å². The molecular formula is C14H17N3OS. The average molecular weight is 275 g/mol. The first-order valence-corrected chi connectivity index (χ1v) is 7.39. The van der Waals surface area contributed by atoms with Crippen LogP contribution in [0.3, 0.4) is 0 Å². The number of likely N-dealkylation sites (tertiary alicyclic amines) is 1. The Morgan fingerprint density at radius 3 is 2.68 bits per heavy atom. The number of nitrogens with zero attached hydrogens (tertiary/aromatic N) is 3. The van der Waals surface area contributed by atoms with Crippen LogP contribution in [0.25, 0.3) is 0 Å². The van der Waals surface area contributed by atoms with Crippen LogP contribution in [0.4, 0.5) is 0 Å². The van der Waals surface area contributed by atoms with Gasteiger partial charge in [0.25, 0.3) is 0 Å². The van der Waals surface area contributed by atoms with Crippen LogP contribution in [0, 0.1) is 0 Å². The van der Waals surface area contributed by atoms with E-state index in [0.29, 0.717) is 0 Å². The largest absolute Gasteiger partial charge is 0.383 e. The molecule has 100 valence electrons. The molecule has 3 heterocycles. The highest BCUT2D eigenvalue weighted by atomic mass is 32.1. The fourth-order valence-electron chi connectivity index (χ4n) is 2.50. The molecule has 0 amide bonds. The van der Waals surface area contributed by atoms with Crippen LogP contribution in [0.15, 0.2) is 36.0 Å². The summed E-state index contributed by atoms with van der Waals surface area (Å²) in [5, 5.41) is 13.8. The Morgan fingerprint density at radius 2 is 2.05 bits per heavy atom. The quantitative estimate of drug-likeness (QED) is 0.931. The number of aliphatic hydroxyl groups is 1. The molecule has 4 nitrogen and oxygen atoms in total. The Morgan fingerprint density at radius 1 is 1.21 bits per heavy atom. The second kappa shape index (κ2) is 5.36. The van der Waals surface area contributed by atoms with E-state index >= 15 is 0 Å². The van der Waals surface area contributed by atoms with Gasteiger partial charge in [-0.1, -0.05) is 6.07 Å². The molecule has 5 heteroatoms. The van der Waals surface area contributed by atoms with Gasteiger partial charge in [0.2, 0.25) is 0 Å². The van der Waals surface area contributed by atoms with Gasteiger partial charge in [-0.25, -0.2) is 4.98 Å². The lowest BCUT2D eigenvalue weighted by Crippen LogP contribution is -2.42. The molecule has 1 N–H and O–H groups in total. The fraction of sp³-hybridized carbons (Fsp3) is 0.429. The van der Waals surface area contributed by atoms with Crippen LogP contribution in [-0.4, -0.2) is 33.1 Å². The van der Waals surface area contributed by atoms with Crippen LogP contribution in [0.1, 0.15) is 23.5 Å². The standard InChI is InChI=1S/C14H17N3OS/c18-14(12-3-1-2-6-15-12)4-8-17(9-5-14)11-13-16-7-10-19-13/h1-3,6-7,10,18H,4-5,8-9,11H2. The van der Waals surface area contributed by atoms with Crippen molar-refractivity contribution in [3.63, 3.8) is 0 Å². The lowest BCUT2D eigenvalue weighted by molar-refractivity contribution is -0.0311. The number of piperidine rings is 1. The van der Waals surface area contributed by atoms with Gasteiger partial charge >= 0.3 is 0 Å². The summed E-state index contributed by atoms with van der Waals surface area (Å²) >= 11 is 1.69. The number of pyridine rings is 1. The highest BCUT2D eigenvalue weighted by molar-refractivity contribution is 7.09. The second-order valence-electron chi connectivity index (χ2n) is 4.95. The van der Waals surface area contributed by atoms with Crippen LogP contribution in [0.5, 0.6) is 0 Å². The molecule has 0 unspecified atom stereocenters. The topological polar surface area (TPSA) is 49.3 Å². The molecule has 0 aliphatic carbocycles. The average Bonchev–Trinajstić information content (AvgIpc) is 2.96. The second-order valence-corrected chi connectivity index (χ2v) is 5.93. The summed E-state index contributed by atoms with van der Waals surface area (Å²) in [6, 6.07) is 5.73. The number of hydrogen-bond donors (Lipinski definition) is 1. The van der Waals surface area contributed by atoms with E-state index in [0.717, 1.165) is 43.2 Å². The molecule has 0 saturated carbocycles. The van der Waals surface area contributed by atoms with Gasteiger partial charge in [0.1, 0.15) is 10.6 Å². The molecule has 0 radical (unpaired) electrons. The molecule has 1 saturated heterocycles. The van der Waals surface area contributed by atoms with Crippen molar-refractivity contribution in [1.29, 1.82) is 0 Å². The number of thiazole rings is 1. The molecule has 2 aromatic rings. The highest BCUT2D eigenvalue weighted by Gasteiger charge is 2.35. The zero-order chi connectivity index (χ0) is 13.1. The number of rotatable bonds is 3. The van der Waals surface area contributed by atoms with E-state index in [1.165, 1.54) is 0 Å². The van der Waals surface area contributed by atoms with Crippen molar-refractivity contribution < 1.29 is 5.11 Å². The first kappa shape index (κ1) is 12.7. The van der Waals surface area contributed by atoms with Crippen molar-refractivity contribution in [1.82, 2.24) is 14.9 Å². The Labute approximate surface area is 116 Å². The van der Waals surface area contributed by atoms with Crippen LogP contribution in [-0.2, 0) is 12.1 Å². The molecule has 1 aliphatic rings. The van der Waals surface area contributed by atoms with E-state index in [1.807, 2.05) is 29.8 Å². The maximum Gasteiger partial charge on any atom is 0.109 e. The molecule has 2 aromatic heterocycles. The summed E-state index contributed by atoms with van der Waals surface area (Å²) in [7, 11) is 0. The van der Waals surface area contributed by atoms with E-state index in [2.05, 4.69) is 14.9 Å². The summed E-state index contributed by atoms with van der Waals surface area (Å²) in [6.45, 7) is 2.65. The third-order valence-corrected chi connectivity index (χ3v) is 4.43. The maximum absolute atomic E-state index is 10.7.